The molecule has 3 heterocycles. The number of methoxy groups -OCH3 is 1. The molecule has 0 unspecified atom stereocenters. The number of nitrogen functional groups attached to an aromatic ring is 1. The van der Waals surface area contributed by atoms with Gasteiger partial charge in [-0.2, -0.15) is 5.10 Å². The van der Waals surface area contributed by atoms with Crippen LogP contribution in [-0.4, -0.2) is 81.8 Å². The van der Waals surface area contributed by atoms with Crippen molar-refractivity contribution >= 4 is 28.4 Å². The summed E-state index contributed by atoms with van der Waals surface area (Å²) in [5.41, 5.74) is 11.7. The largest absolute Gasteiger partial charge is 0.495 e. The summed E-state index contributed by atoms with van der Waals surface area (Å²) >= 11 is 0. The SMILES string of the molecule is COc1cc(-c2nn(C3CCC(N4CCN(C)CC4)CC3)c3ncnc(N)c23)ccc1NC(=O)CCc1ccc(C)cc1. The van der Waals surface area contributed by atoms with E-state index in [2.05, 4.69) is 68.0 Å². The lowest BCUT2D eigenvalue weighted by molar-refractivity contribution is -0.116. The number of anilines is 2. The molecule has 10 nitrogen and oxygen atoms in total. The van der Waals surface area contributed by atoms with Crippen molar-refractivity contribution in [3.8, 4) is 17.0 Å². The van der Waals surface area contributed by atoms with Crippen LogP contribution in [-0.2, 0) is 11.2 Å². The second-order valence-corrected chi connectivity index (χ2v) is 12.0. The molecule has 2 aliphatic rings. The first kappa shape index (κ1) is 29.1. The van der Waals surface area contributed by atoms with Crippen molar-refractivity contribution in [3.05, 3.63) is 59.9 Å². The van der Waals surface area contributed by atoms with Crippen LogP contribution in [0.5, 0.6) is 5.75 Å². The lowest BCUT2D eigenvalue weighted by atomic mass is 9.90. The van der Waals surface area contributed by atoms with Gasteiger partial charge >= 0.3 is 0 Å². The lowest BCUT2D eigenvalue weighted by Gasteiger charge is -2.41. The molecule has 2 aromatic heterocycles. The number of nitrogens with one attached hydrogen (secondary N) is 1. The lowest BCUT2D eigenvalue weighted by Crippen LogP contribution is -2.49. The van der Waals surface area contributed by atoms with Gasteiger partial charge in [0.05, 0.1) is 24.2 Å². The number of amides is 1. The maximum Gasteiger partial charge on any atom is 0.224 e. The molecule has 43 heavy (non-hydrogen) atoms. The van der Waals surface area contributed by atoms with Crippen LogP contribution in [0.4, 0.5) is 11.5 Å². The molecule has 0 atom stereocenters. The Bertz CT molecular complexity index is 1570. The second kappa shape index (κ2) is 12.7. The molecule has 2 fully saturated rings. The van der Waals surface area contributed by atoms with Gasteiger partial charge in [0, 0.05) is 44.2 Å². The van der Waals surface area contributed by atoms with E-state index in [0.717, 1.165) is 79.7 Å². The Balaban J connectivity index is 1.19. The molecule has 226 valence electrons. The van der Waals surface area contributed by atoms with Crippen molar-refractivity contribution in [3.63, 3.8) is 0 Å². The van der Waals surface area contributed by atoms with Gasteiger partial charge in [0.15, 0.2) is 5.65 Å². The number of aromatic nitrogens is 4. The molecular weight excluding hydrogens is 540 g/mol. The Morgan fingerprint density at radius 3 is 2.44 bits per heavy atom. The number of hydrogen-bond donors (Lipinski definition) is 2. The van der Waals surface area contributed by atoms with E-state index in [-0.39, 0.29) is 11.9 Å². The third kappa shape index (κ3) is 6.35. The van der Waals surface area contributed by atoms with Crippen molar-refractivity contribution in [1.82, 2.24) is 29.5 Å². The highest BCUT2D eigenvalue weighted by molar-refractivity contribution is 5.99. The molecule has 6 rings (SSSR count). The van der Waals surface area contributed by atoms with Gasteiger partial charge in [-0.25, -0.2) is 14.6 Å². The van der Waals surface area contributed by atoms with Crippen LogP contribution >= 0.6 is 0 Å². The standard InChI is InChI=1S/C33H42N8O2/c1-22-4-6-23(7-5-22)8-15-29(42)37-27-14-9-24(20-28(27)43-3)31-30-32(34)35-21-36-33(30)41(38-31)26-12-10-25(11-13-26)40-18-16-39(2)17-19-40/h4-7,9,14,20-21,25-26H,8,10-13,15-19H2,1-3H3,(H,37,42)(H2,34,35,36). The fourth-order valence-electron chi connectivity index (χ4n) is 6.47. The van der Waals surface area contributed by atoms with Crippen LogP contribution in [0, 0.1) is 6.92 Å². The van der Waals surface area contributed by atoms with Crippen molar-refractivity contribution in [2.75, 3.05) is 51.4 Å². The highest BCUT2D eigenvalue weighted by Gasteiger charge is 2.31. The smallest absolute Gasteiger partial charge is 0.224 e. The van der Waals surface area contributed by atoms with Gasteiger partial charge in [0.25, 0.3) is 0 Å². The van der Waals surface area contributed by atoms with Gasteiger partial charge in [-0.15, -0.1) is 0 Å². The van der Waals surface area contributed by atoms with E-state index in [9.17, 15) is 4.79 Å². The second-order valence-electron chi connectivity index (χ2n) is 12.0. The molecule has 1 aliphatic heterocycles. The summed E-state index contributed by atoms with van der Waals surface area (Å²) in [7, 11) is 3.81. The third-order valence-corrected chi connectivity index (χ3v) is 9.09. The van der Waals surface area contributed by atoms with E-state index < -0.39 is 0 Å². The number of aryl methyl sites for hydroxylation is 2. The molecular formula is C33H42N8O2. The average molecular weight is 583 g/mol. The van der Waals surface area contributed by atoms with Gasteiger partial charge in [-0.3, -0.25) is 9.69 Å². The van der Waals surface area contributed by atoms with E-state index >= 15 is 0 Å². The molecule has 0 radical (unpaired) electrons. The molecule has 1 aliphatic carbocycles. The summed E-state index contributed by atoms with van der Waals surface area (Å²) in [6.45, 7) is 6.64. The molecule has 10 heteroatoms. The molecule has 4 aromatic rings. The zero-order valence-corrected chi connectivity index (χ0v) is 25.4. The summed E-state index contributed by atoms with van der Waals surface area (Å²) in [5, 5.41) is 8.86. The number of hydrogen-bond acceptors (Lipinski definition) is 8. The number of piperazine rings is 1. The third-order valence-electron chi connectivity index (χ3n) is 9.09. The highest BCUT2D eigenvalue weighted by Crippen LogP contribution is 2.39. The van der Waals surface area contributed by atoms with Crippen LogP contribution in [0.25, 0.3) is 22.3 Å². The fraction of sp³-hybridized carbons (Fsp3) is 0.455. The quantitative estimate of drug-likeness (QED) is 0.308. The van der Waals surface area contributed by atoms with E-state index in [0.29, 0.717) is 36.1 Å². The topological polar surface area (TPSA) is 114 Å². The summed E-state index contributed by atoms with van der Waals surface area (Å²) in [6.07, 6.45) is 6.98. The van der Waals surface area contributed by atoms with Crippen molar-refractivity contribution in [2.45, 2.75) is 57.5 Å². The molecule has 3 N–H and O–H groups in total. The summed E-state index contributed by atoms with van der Waals surface area (Å²) in [6, 6.07) is 14.9. The monoisotopic (exact) mass is 582 g/mol. The Morgan fingerprint density at radius 1 is 1.00 bits per heavy atom. The number of ether oxygens (including phenoxy) is 1. The number of benzene rings is 2. The molecule has 2 aromatic carbocycles. The predicted octanol–water partition coefficient (Wildman–Crippen LogP) is 4.69. The Morgan fingerprint density at radius 2 is 1.72 bits per heavy atom. The van der Waals surface area contributed by atoms with Crippen LogP contribution in [0.3, 0.4) is 0 Å². The van der Waals surface area contributed by atoms with E-state index in [1.165, 1.54) is 11.9 Å². The summed E-state index contributed by atoms with van der Waals surface area (Å²) in [5.74, 6) is 0.906. The van der Waals surface area contributed by atoms with Gasteiger partial charge in [0.2, 0.25) is 5.91 Å². The summed E-state index contributed by atoms with van der Waals surface area (Å²) in [4.78, 5) is 26.8. The van der Waals surface area contributed by atoms with Crippen LogP contribution in [0.15, 0.2) is 48.8 Å². The molecule has 0 bridgehead atoms. The van der Waals surface area contributed by atoms with Gasteiger partial charge in [-0.05, 0) is 63.8 Å². The van der Waals surface area contributed by atoms with Gasteiger partial charge in [-0.1, -0.05) is 35.9 Å². The van der Waals surface area contributed by atoms with Crippen molar-refractivity contribution in [1.29, 1.82) is 0 Å². The Labute approximate surface area is 253 Å². The maximum absolute atomic E-state index is 12.8. The summed E-state index contributed by atoms with van der Waals surface area (Å²) < 4.78 is 7.77. The van der Waals surface area contributed by atoms with E-state index in [1.54, 1.807) is 7.11 Å². The highest BCUT2D eigenvalue weighted by atomic mass is 16.5. The first-order chi connectivity index (χ1) is 20.9. The number of likely N-dealkylation sites (N-methyl/N-ethyl adjacent to an activating group) is 1. The zero-order chi connectivity index (χ0) is 29.9. The van der Waals surface area contributed by atoms with Crippen LogP contribution in [0.1, 0.15) is 49.3 Å². The molecule has 1 saturated heterocycles. The minimum Gasteiger partial charge on any atom is -0.495 e. The molecule has 1 saturated carbocycles. The first-order valence-corrected chi connectivity index (χ1v) is 15.3. The number of carbonyl (C=O) groups excluding carboxylic acids is 1. The van der Waals surface area contributed by atoms with Gasteiger partial charge < -0.3 is 20.7 Å². The normalized spacial score (nSPS) is 19.9. The molecule has 0 spiro atoms. The van der Waals surface area contributed by atoms with Crippen molar-refractivity contribution < 1.29 is 9.53 Å². The van der Waals surface area contributed by atoms with E-state index in [1.807, 2.05) is 18.2 Å². The van der Waals surface area contributed by atoms with Crippen LogP contribution < -0.4 is 15.8 Å². The average Bonchev–Trinajstić information content (AvgIpc) is 3.42. The van der Waals surface area contributed by atoms with Crippen molar-refractivity contribution in [2.24, 2.45) is 0 Å². The maximum atomic E-state index is 12.8. The number of rotatable bonds is 8. The predicted molar refractivity (Wildman–Crippen MR) is 170 cm³/mol. The number of carbonyl (C=O) groups is 1. The minimum atomic E-state index is -0.0637. The molecule has 1 amide bonds. The Hall–Kier alpha value is -4.02. The Kier molecular flexibility index (Phi) is 8.58. The number of nitrogens with zero attached hydrogens (tertiary/aromatic N) is 6. The number of nitrogens with two attached hydrogens (primary N) is 1. The van der Waals surface area contributed by atoms with Gasteiger partial charge in [0.1, 0.15) is 23.6 Å². The zero-order valence-electron chi connectivity index (χ0n) is 25.4. The number of fused-ring (bicyclic) bond motifs is 1. The van der Waals surface area contributed by atoms with E-state index in [4.69, 9.17) is 15.6 Å². The fourth-order valence-corrected chi connectivity index (χ4v) is 6.47. The first-order valence-electron chi connectivity index (χ1n) is 15.3. The van der Waals surface area contributed by atoms with Crippen LogP contribution in [0.2, 0.25) is 0 Å². The minimum absolute atomic E-state index is 0.0637.